The Bertz CT molecular complexity index is 378. The molecule has 1 heterocycles. The summed E-state index contributed by atoms with van der Waals surface area (Å²) >= 11 is 0. The van der Waals surface area contributed by atoms with Crippen LogP contribution in [0.2, 0.25) is 0 Å². The fraction of sp³-hybridized carbons (Fsp3) is 0.417. The van der Waals surface area contributed by atoms with Crippen molar-refractivity contribution >= 4 is 11.6 Å². The summed E-state index contributed by atoms with van der Waals surface area (Å²) in [7, 11) is 0. The Balaban J connectivity index is 1.75. The van der Waals surface area contributed by atoms with E-state index in [4.69, 9.17) is 15.2 Å². The third-order valence-electron chi connectivity index (χ3n) is 2.59. The molecule has 92 valence electrons. The molecule has 0 bridgehead atoms. The van der Waals surface area contributed by atoms with Crippen LogP contribution in [0, 0.1) is 0 Å². The molecule has 0 atom stereocenters. The van der Waals surface area contributed by atoms with Crippen molar-refractivity contribution in [3.63, 3.8) is 0 Å². The quantitative estimate of drug-likeness (QED) is 0.773. The molecular weight excluding hydrogens is 220 g/mol. The highest BCUT2D eigenvalue weighted by Crippen LogP contribution is 2.13. The monoisotopic (exact) mass is 236 g/mol. The second-order valence-electron chi connectivity index (χ2n) is 3.85. The molecular formula is C12H16N2O3. The molecule has 2 N–H and O–H groups in total. The Morgan fingerprint density at radius 3 is 2.82 bits per heavy atom. The highest BCUT2D eigenvalue weighted by atomic mass is 16.5. The summed E-state index contributed by atoms with van der Waals surface area (Å²) in [4.78, 5) is 13.2. The number of nitrogens with zero attached hydrogens (tertiary/aromatic N) is 1. The zero-order valence-corrected chi connectivity index (χ0v) is 9.59. The Kier molecular flexibility index (Phi) is 3.82. The number of carbonyl (C=O) groups excluding carboxylic acids is 1. The molecule has 1 saturated heterocycles. The van der Waals surface area contributed by atoms with Gasteiger partial charge in [-0.2, -0.15) is 0 Å². The molecule has 5 nitrogen and oxygen atoms in total. The number of morpholine rings is 1. The molecule has 1 aromatic rings. The normalized spacial score (nSPS) is 16.0. The molecule has 5 heteroatoms. The van der Waals surface area contributed by atoms with Gasteiger partial charge in [0, 0.05) is 12.2 Å². The van der Waals surface area contributed by atoms with Gasteiger partial charge in [0.15, 0.2) is 0 Å². The third-order valence-corrected chi connectivity index (χ3v) is 2.59. The number of ether oxygens (including phenoxy) is 2. The molecule has 1 amide bonds. The van der Waals surface area contributed by atoms with Crippen LogP contribution in [-0.4, -0.2) is 43.7 Å². The SMILES string of the molecule is Nc1ccc(OCCN2CCOCC2=O)cc1. The Hall–Kier alpha value is -1.75. The van der Waals surface area contributed by atoms with Gasteiger partial charge in [0.2, 0.25) is 5.91 Å². The van der Waals surface area contributed by atoms with Crippen molar-refractivity contribution in [2.75, 3.05) is 38.6 Å². The van der Waals surface area contributed by atoms with Gasteiger partial charge in [-0.3, -0.25) is 4.79 Å². The predicted octanol–water partition coefficient (Wildman–Crippen LogP) is 0.506. The van der Waals surface area contributed by atoms with Gasteiger partial charge < -0.3 is 20.1 Å². The van der Waals surface area contributed by atoms with Gasteiger partial charge in [0.05, 0.1) is 13.2 Å². The number of carbonyl (C=O) groups is 1. The zero-order valence-electron chi connectivity index (χ0n) is 9.59. The number of anilines is 1. The molecule has 1 aliphatic heterocycles. The van der Waals surface area contributed by atoms with Gasteiger partial charge in [-0.25, -0.2) is 0 Å². The van der Waals surface area contributed by atoms with E-state index in [1.807, 2.05) is 12.1 Å². The van der Waals surface area contributed by atoms with Crippen molar-refractivity contribution in [3.05, 3.63) is 24.3 Å². The number of amides is 1. The molecule has 0 unspecified atom stereocenters. The van der Waals surface area contributed by atoms with Gasteiger partial charge in [-0.05, 0) is 24.3 Å². The maximum absolute atomic E-state index is 11.4. The van der Waals surface area contributed by atoms with Crippen LogP contribution in [0.1, 0.15) is 0 Å². The second kappa shape index (κ2) is 5.54. The number of benzene rings is 1. The first kappa shape index (κ1) is 11.7. The molecule has 0 saturated carbocycles. The van der Waals surface area contributed by atoms with Crippen LogP contribution >= 0.6 is 0 Å². The van der Waals surface area contributed by atoms with Crippen LogP contribution in [-0.2, 0) is 9.53 Å². The highest BCUT2D eigenvalue weighted by Gasteiger charge is 2.17. The lowest BCUT2D eigenvalue weighted by Crippen LogP contribution is -2.43. The van der Waals surface area contributed by atoms with Crippen LogP contribution in [0.5, 0.6) is 5.75 Å². The fourth-order valence-corrected chi connectivity index (χ4v) is 1.62. The maximum Gasteiger partial charge on any atom is 0.248 e. The van der Waals surface area contributed by atoms with Gasteiger partial charge in [-0.15, -0.1) is 0 Å². The number of nitrogens with two attached hydrogens (primary N) is 1. The molecule has 0 aromatic heterocycles. The number of hydrogen-bond donors (Lipinski definition) is 1. The van der Waals surface area contributed by atoms with E-state index in [9.17, 15) is 4.79 Å². The lowest BCUT2D eigenvalue weighted by Gasteiger charge is -2.26. The summed E-state index contributed by atoms with van der Waals surface area (Å²) in [6, 6.07) is 7.21. The van der Waals surface area contributed by atoms with Crippen molar-refractivity contribution in [1.82, 2.24) is 4.90 Å². The fourth-order valence-electron chi connectivity index (χ4n) is 1.62. The smallest absolute Gasteiger partial charge is 0.248 e. The number of hydrogen-bond acceptors (Lipinski definition) is 4. The van der Waals surface area contributed by atoms with E-state index < -0.39 is 0 Å². The zero-order chi connectivity index (χ0) is 12.1. The summed E-state index contributed by atoms with van der Waals surface area (Å²) in [5, 5.41) is 0. The highest BCUT2D eigenvalue weighted by molar-refractivity contribution is 5.77. The third kappa shape index (κ3) is 3.35. The van der Waals surface area contributed by atoms with Crippen molar-refractivity contribution < 1.29 is 14.3 Å². The van der Waals surface area contributed by atoms with Crippen LogP contribution in [0.15, 0.2) is 24.3 Å². The molecule has 1 aromatic carbocycles. The van der Waals surface area contributed by atoms with Crippen molar-refractivity contribution in [1.29, 1.82) is 0 Å². The molecule has 0 spiro atoms. The van der Waals surface area contributed by atoms with E-state index in [2.05, 4.69) is 0 Å². The molecule has 2 rings (SSSR count). The first-order valence-electron chi connectivity index (χ1n) is 5.59. The summed E-state index contributed by atoms with van der Waals surface area (Å²) in [5.74, 6) is 0.789. The van der Waals surface area contributed by atoms with Crippen LogP contribution in [0.25, 0.3) is 0 Å². The minimum atomic E-state index is 0.0251. The van der Waals surface area contributed by atoms with Gasteiger partial charge in [0.1, 0.15) is 19.0 Å². The Labute approximate surface area is 100 Å². The average Bonchev–Trinajstić information content (AvgIpc) is 2.34. The molecule has 1 aliphatic rings. The summed E-state index contributed by atoms with van der Waals surface area (Å²) in [6.07, 6.45) is 0. The molecule has 17 heavy (non-hydrogen) atoms. The van der Waals surface area contributed by atoms with Gasteiger partial charge >= 0.3 is 0 Å². The average molecular weight is 236 g/mol. The largest absolute Gasteiger partial charge is 0.492 e. The van der Waals surface area contributed by atoms with Crippen LogP contribution in [0.4, 0.5) is 5.69 Å². The first-order valence-corrected chi connectivity index (χ1v) is 5.59. The lowest BCUT2D eigenvalue weighted by atomic mass is 10.3. The van der Waals surface area contributed by atoms with Crippen molar-refractivity contribution in [3.8, 4) is 5.75 Å². The van der Waals surface area contributed by atoms with E-state index >= 15 is 0 Å². The van der Waals surface area contributed by atoms with Crippen LogP contribution in [0.3, 0.4) is 0 Å². The second-order valence-corrected chi connectivity index (χ2v) is 3.85. The standard InChI is InChI=1S/C12H16N2O3/c13-10-1-3-11(4-2-10)17-8-6-14-5-7-16-9-12(14)15/h1-4H,5-9,13H2. The van der Waals surface area contributed by atoms with Gasteiger partial charge in [-0.1, -0.05) is 0 Å². The summed E-state index contributed by atoms with van der Waals surface area (Å²) in [5.41, 5.74) is 6.28. The summed E-state index contributed by atoms with van der Waals surface area (Å²) < 4.78 is 10.6. The van der Waals surface area contributed by atoms with E-state index in [1.165, 1.54) is 0 Å². The lowest BCUT2D eigenvalue weighted by molar-refractivity contribution is -0.143. The van der Waals surface area contributed by atoms with Crippen molar-refractivity contribution in [2.45, 2.75) is 0 Å². The minimum Gasteiger partial charge on any atom is -0.492 e. The predicted molar refractivity (Wildman–Crippen MR) is 63.7 cm³/mol. The van der Waals surface area contributed by atoms with E-state index in [0.29, 0.717) is 32.0 Å². The molecule has 0 aliphatic carbocycles. The topological polar surface area (TPSA) is 64.8 Å². The maximum atomic E-state index is 11.4. The van der Waals surface area contributed by atoms with E-state index in [0.717, 1.165) is 5.75 Å². The molecule has 1 fully saturated rings. The summed E-state index contributed by atoms with van der Waals surface area (Å²) in [6.45, 7) is 2.50. The number of rotatable bonds is 4. The molecule has 0 radical (unpaired) electrons. The van der Waals surface area contributed by atoms with Crippen LogP contribution < -0.4 is 10.5 Å². The Morgan fingerprint density at radius 2 is 2.12 bits per heavy atom. The first-order chi connectivity index (χ1) is 8.25. The number of nitrogen functional groups attached to an aromatic ring is 1. The van der Waals surface area contributed by atoms with Crippen molar-refractivity contribution in [2.24, 2.45) is 0 Å². The van der Waals surface area contributed by atoms with E-state index in [1.54, 1.807) is 17.0 Å². The van der Waals surface area contributed by atoms with Gasteiger partial charge in [0.25, 0.3) is 0 Å². The Morgan fingerprint density at radius 1 is 1.35 bits per heavy atom. The minimum absolute atomic E-state index is 0.0251. The van der Waals surface area contributed by atoms with E-state index in [-0.39, 0.29) is 12.5 Å².